The lowest BCUT2D eigenvalue weighted by molar-refractivity contribution is 0.0658. The number of nitrogens with zero attached hydrogens (tertiary/aromatic N) is 5. The number of benzene rings is 5. The van der Waals surface area contributed by atoms with Crippen molar-refractivity contribution in [3.8, 4) is 17.0 Å². The Bertz CT molecular complexity index is 2550. The Labute approximate surface area is 352 Å². The molecule has 6 aromatic rings. The lowest BCUT2D eigenvalue weighted by atomic mass is 9.92. The van der Waals surface area contributed by atoms with E-state index < -0.39 is 0 Å². The van der Waals surface area contributed by atoms with Crippen LogP contribution >= 0.6 is 0 Å². The molecule has 9 heteroatoms. The Balaban J connectivity index is 1.05. The maximum atomic E-state index is 15.0. The van der Waals surface area contributed by atoms with Crippen LogP contribution in [0.1, 0.15) is 79.6 Å². The van der Waals surface area contributed by atoms with Gasteiger partial charge in [0.15, 0.2) is 0 Å². The first-order chi connectivity index (χ1) is 29.2. The largest absolute Gasteiger partial charge is 0.489 e. The van der Waals surface area contributed by atoms with E-state index >= 15 is 4.79 Å². The van der Waals surface area contributed by atoms with E-state index in [9.17, 15) is 9.59 Å². The Morgan fingerprint density at radius 3 is 2.10 bits per heavy atom. The van der Waals surface area contributed by atoms with E-state index in [0.717, 1.165) is 88.4 Å². The van der Waals surface area contributed by atoms with E-state index in [0.29, 0.717) is 43.9 Å². The van der Waals surface area contributed by atoms with Gasteiger partial charge in [0.2, 0.25) is 0 Å². The fraction of sp³-hybridized carbons (Fsp3) is 0.275. The van der Waals surface area contributed by atoms with Crippen LogP contribution in [-0.4, -0.2) is 57.2 Å². The molecule has 0 bridgehead atoms. The SMILES string of the molecule is C[C@@H]1Cc2ccccc2CN1C(=O)c1cc2c(cc1-c1cc(C(=O)N(C)c3ccc(OCc4ccccc4)cc3)c3n1CCCC3)CN(C(=O)N(C)Cc1ccccc1)C2. The summed E-state index contributed by atoms with van der Waals surface area (Å²) in [5.41, 5.74) is 11.3. The van der Waals surface area contributed by atoms with Crippen LogP contribution in [-0.2, 0) is 52.2 Å². The molecular weight excluding hydrogens is 747 g/mol. The van der Waals surface area contributed by atoms with E-state index in [2.05, 4.69) is 35.8 Å². The number of hydrogen-bond acceptors (Lipinski definition) is 4. The van der Waals surface area contributed by atoms with Gasteiger partial charge in [-0.15, -0.1) is 0 Å². The molecule has 9 nitrogen and oxygen atoms in total. The van der Waals surface area contributed by atoms with E-state index in [4.69, 9.17) is 4.74 Å². The molecule has 4 amide bonds. The lowest BCUT2D eigenvalue weighted by Gasteiger charge is -2.35. The number of aromatic nitrogens is 1. The second kappa shape index (κ2) is 16.6. The summed E-state index contributed by atoms with van der Waals surface area (Å²) in [7, 11) is 3.65. The number of hydrogen-bond donors (Lipinski definition) is 0. The van der Waals surface area contributed by atoms with Gasteiger partial charge in [0.05, 0.1) is 5.56 Å². The van der Waals surface area contributed by atoms with Crippen molar-refractivity contribution < 1.29 is 19.1 Å². The number of amides is 4. The van der Waals surface area contributed by atoms with Crippen LogP contribution in [0.3, 0.4) is 0 Å². The van der Waals surface area contributed by atoms with Gasteiger partial charge in [0.25, 0.3) is 11.8 Å². The molecule has 0 unspecified atom stereocenters. The third-order valence-electron chi connectivity index (χ3n) is 12.5. The van der Waals surface area contributed by atoms with E-state index in [-0.39, 0.29) is 23.9 Å². The summed E-state index contributed by atoms with van der Waals surface area (Å²) in [6, 6.07) is 42.2. The van der Waals surface area contributed by atoms with Gasteiger partial charge in [-0.05, 0) is 108 Å². The Kier molecular flexibility index (Phi) is 10.7. The van der Waals surface area contributed by atoms with Gasteiger partial charge in [-0.25, -0.2) is 4.79 Å². The molecule has 1 atom stereocenters. The molecule has 0 N–H and O–H groups in total. The smallest absolute Gasteiger partial charge is 0.320 e. The second-order valence-corrected chi connectivity index (χ2v) is 16.5. The molecule has 0 aliphatic carbocycles. The topological polar surface area (TPSA) is 78.3 Å². The van der Waals surface area contributed by atoms with Crippen LogP contribution in [0.5, 0.6) is 5.75 Å². The minimum absolute atomic E-state index is 0.000336. The number of rotatable bonds is 9. The summed E-state index contributed by atoms with van der Waals surface area (Å²) in [5.74, 6) is 0.598. The molecule has 3 aliphatic rings. The molecular formula is C51H51N5O4. The first-order valence-electron chi connectivity index (χ1n) is 21.1. The average molecular weight is 798 g/mol. The number of carbonyl (C=O) groups excluding carboxylic acids is 3. The molecule has 0 saturated heterocycles. The monoisotopic (exact) mass is 797 g/mol. The quantitative estimate of drug-likeness (QED) is 0.146. The standard InChI is InChI=1S/C51H51N5O4/c1-35-26-38-18-10-11-19-39(38)33-56(35)50(58)45-28-41-32-54(51(59)52(2)30-36-14-6-4-7-15-36)31-40(41)27-44(45)48-29-46(47-20-12-13-25-55(47)48)49(57)53(3)42-21-23-43(24-22-42)60-34-37-16-8-5-9-17-37/h4-11,14-19,21-24,27-29,35H,12-13,20,25-26,30-34H2,1-3H3/t35-/m1/s1. The molecule has 0 saturated carbocycles. The highest BCUT2D eigenvalue weighted by Gasteiger charge is 2.34. The second-order valence-electron chi connectivity index (χ2n) is 16.5. The average Bonchev–Trinajstić information content (AvgIpc) is 3.89. The van der Waals surface area contributed by atoms with Crippen molar-refractivity contribution in [2.24, 2.45) is 0 Å². The van der Waals surface area contributed by atoms with Gasteiger partial charge >= 0.3 is 6.03 Å². The minimum atomic E-state index is -0.0987. The van der Waals surface area contributed by atoms with Gasteiger partial charge in [0, 0.05) is 81.1 Å². The summed E-state index contributed by atoms with van der Waals surface area (Å²) in [5, 5.41) is 0. The van der Waals surface area contributed by atoms with Gasteiger partial charge < -0.3 is 28.9 Å². The maximum absolute atomic E-state index is 15.0. The summed E-state index contributed by atoms with van der Waals surface area (Å²) in [6.07, 6.45) is 3.51. The van der Waals surface area contributed by atoms with Crippen molar-refractivity contribution in [1.29, 1.82) is 0 Å². The van der Waals surface area contributed by atoms with Crippen LogP contribution in [0.4, 0.5) is 10.5 Å². The number of carbonyl (C=O) groups is 3. The minimum Gasteiger partial charge on any atom is -0.489 e. The third kappa shape index (κ3) is 7.68. The van der Waals surface area contributed by atoms with Crippen LogP contribution in [0.15, 0.2) is 127 Å². The van der Waals surface area contributed by atoms with Crippen molar-refractivity contribution in [2.45, 2.75) is 78.0 Å². The van der Waals surface area contributed by atoms with Gasteiger partial charge in [-0.2, -0.15) is 0 Å². The highest BCUT2D eigenvalue weighted by Crippen LogP contribution is 2.39. The number of ether oxygens (including phenoxy) is 1. The number of urea groups is 1. The summed E-state index contributed by atoms with van der Waals surface area (Å²) >= 11 is 0. The number of fused-ring (bicyclic) bond motifs is 3. The Morgan fingerprint density at radius 2 is 1.37 bits per heavy atom. The first-order valence-corrected chi connectivity index (χ1v) is 21.1. The van der Waals surface area contributed by atoms with E-state index in [1.54, 1.807) is 9.80 Å². The van der Waals surface area contributed by atoms with Crippen LogP contribution in [0.2, 0.25) is 0 Å². The Morgan fingerprint density at radius 1 is 0.700 bits per heavy atom. The van der Waals surface area contributed by atoms with Crippen molar-refractivity contribution in [3.63, 3.8) is 0 Å². The summed E-state index contributed by atoms with van der Waals surface area (Å²) in [6.45, 7) is 5.23. The first kappa shape index (κ1) is 38.9. The molecule has 9 rings (SSSR count). The van der Waals surface area contributed by atoms with Gasteiger partial charge in [-0.1, -0.05) is 84.9 Å². The normalized spacial score (nSPS) is 15.5. The van der Waals surface area contributed by atoms with Crippen LogP contribution in [0.25, 0.3) is 11.3 Å². The zero-order chi connectivity index (χ0) is 41.3. The predicted octanol–water partition coefficient (Wildman–Crippen LogP) is 9.50. The molecule has 0 spiro atoms. The molecule has 1 aromatic heterocycles. The summed E-state index contributed by atoms with van der Waals surface area (Å²) < 4.78 is 8.29. The lowest BCUT2D eigenvalue weighted by Crippen LogP contribution is -2.42. The molecule has 5 aromatic carbocycles. The number of anilines is 1. The van der Waals surface area contributed by atoms with Crippen molar-refractivity contribution >= 4 is 23.5 Å². The zero-order valence-electron chi connectivity index (χ0n) is 34.6. The highest BCUT2D eigenvalue weighted by atomic mass is 16.5. The van der Waals surface area contributed by atoms with Crippen LogP contribution < -0.4 is 9.64 Å². The predicted molar refractivity (Wildman–Crippen MR) is 235 cm³/mol. The maximum Gasteiger partial charge on any atom is 0.320 e. The van der Waals surface area contributed by atoms with Gasteiger partial charge in [0.1, 0.15) is 12.4 Å². The van der Waals surface area contributed by atoms with Crippen molar-refractivity contribution in [2.75, 3.05) is 19.0 Å². The fourth-order valence-electron chi connectivity index (χ4n) is 9.14. The Hall–Kier alpha value is -6.61. The van der Waals surface area contributed by atoms with Crippen molar-refractivity contribution in [1.82, 2.24) is 19.3 Å². The summed E-state index contributed by atoms with van der Waals surface area (Å²) in [4.78, 5) is 50.8. The molecule has 60 heavy (non-hydrogen) atoms. The molecule has 3 aliphatic heterocycles. The van der Waals surface area contributed by atoms with Gasteiger partial charge in [-0.3, -0.25) is 9.59 Å². The fourth-order valence-corrected chi connectivity index (χ4v) is 9.14. The molecule has 0 fully saturated rings. The molecule has 304 valence electrons. The van der Waals surface area contributed by atoms with E-state index in [1.165, 1.54) is 5.56 Å². The van der Waals surface area contributed by atoms with Crippen LogP contribution in [0, 0.1) is 0 Å². The third-order valence-corrected chi connectivity index (χ3v) is 12.5. The van der Waals surface area contributed by atoms with E-state index in [1.807, 2.05) is 127 Å². The molecule has 0 radical (unpaired) electrons. The van der Waals surface area contributed by atoms with Crippen molar-refractivity contribution in [3.05, 3.63) is 178 Å². The zero-order valence-corrected chi connectivity index (χ0v) is 34.6. The highest BCUT2D eigenvalue weighted by molar-refractivity contribution is 6.08. The molecule has 4 heterocycles.